The molecule has 0 aliphatic heterocycles. The first kappa shape index (κ1) is 14.6. The van der Waals surface area contributed by atoms with Crippen molar-refractivity contribution in [1.82, 2.24) is 4.31 Å². The van der Waals surface area contributed by atoms with Gasteiger partial charge in [-0.2, -0.15) is 0 Å². The van der Waals surface area contributed by atoms with Gasteiger partial charge in [-0.1, -0.05) is 12.1 Å². The monoisotopic (exact) mass is 297 g/mol. The van der Waals surface area contributed by atoms with Gasteiger partial charge in [0.25, 0.3) is 0 Å². The van der Waals surface area contributed by atoms with Gasteiger partial charge in [-0.25, -0.2) is 12.7 Å². The number of hydrogen-bond donors (Lipinski definition) is 2. The summed E-state index contributed by atoms with van der Waals surface area (Å²) in [6.07, 6.45) is 0. The molecule has 1 rings (SSSR count). The molecule has 2 N–H and O–H groups in total. The molecule has 0 aliphatic carbocycles. The highest BCUT2D eigenvalue weighted by molar-refractivity contribution is 8.06. The molecule has 0 unspecified atom stereocenters. The summed E-state index contributed by atoms with van der Waals surface area (Å²) in [5.74, 6) is -0.172. The lowest BCUT2D eigenvalue weighted by molar-refractivity contribution is 0.366. The second-order valence-corrected chi connectivity index (χ2v) is 8.03. The van der Waals surface area contributed by atoms with E-state index in [0.29, 0.717) is 0 Å². The van der Waals surface area contributed by atoms with E-state index >= 15 is 0 Å². The van der Waals surface area contributed by atoms with Gasteiger partial charge in [0.2, 0.25) is 10.0 Å². The number of sulfonamides is 1. The van der Waals surface area contributed by atoms with Crippen molar-refractivity contribution >= 4 is 28.5 Å². The molecule has 0 fully saturated rings. The summed E-state index contributed by atoms with van der Waals surface area (Å²) in [6.45, 7) is -3.96. The fourth-order valence-corrected chi connectivity index (χ4v) is 2.79. The summed E-state index contributed by atoms with van der Waals surface area (Å²) in [6, 6.07) is 5.62. The van der Waals surface area contributed by atoms with Crippen LogP contribution in [0.5, 0.6) is 5.75 Å². The van der Waals surface area contributed by atoms with E-state index in [0.717, 1.165) is 4.31 Å². The van der Waals surface area contributed by atoms with Crippen molar-refractivity contribution in [3.05, 3.63) is 24.3 Å². The molecule has 0 spiro atoms. The van der Waals surface area contributed by atoms with Crippen LogP contribution in [0, 0.1) is 0 Å². The lowest BCUT2D eigenvalue weighted by Crippen LogP contribution is -2.22. The van der Waals surface area contributed by atoms with Gasteiger partial charge in [0, 0.05) is 25.9 Å². The van der Waals surface area contributed by atoms with E-state index in [1.165, 1.54) is 38.4 Å². The number of benzene rings is 1. The number of rotatable bonds is 4. The largest absolute Gasteiger partial charge is 0.423 e. The van der Waals surface area contributed by atoms with Crippen LogP contribution in [0.2, 0.25) is 0 Å². The minimum atomic E-state index is -3.96. The van der Waals surface area contributed by atoms with Gasteiger partial charge in [-0.15, -0.1) is 0 Å². The lowest BCUT2D eigenvalue weighted by atomic mass is 10.3. The average Bonchev–Trinajstić information content (AvgIpc) is 2.15. The van der Waals surface area contributed by atoms with E-state index in [-0.39, 0.29) is 10.6 Å². The van der Waals surface area contributed by atoms with Crippen LogP contribution in [0.3, 0.4) is 0 Å². The molecule has 0 atom stereocenters. The van der Waals surface area contributed by atoms with Crippen molar-refractivity contribution in [2.75, 3.05) is 14.1 Å². The number of hydrogen-bond acceptors (Lipinski definition) is 4. The Morgan fingerprint density at radius 3 is 2.29 bits per heavy atom. The maximum atomic E-state index is 11.9. The molecular weight excluding hydrogens is 285 g/mol. The van der Waals surface area contributed by atoms with Gasteiger partial charge in [0.1, 0.15) is 10.6 Å². The standard InChI is InChI=1S/C8H12NO5PS2/c1-9(2)17(12,13)8-6-4-3-5-7(8)14-15(10,11)16/h3-6H,1-2H3,(H2,10,11,16). The van der Waals surface area contributed by atoms with Crippen LogP contribution in [0.15, 0.2) is 29.2 Å². The van der Waals surface area contributed by atoms with Crippen LogP contribution in [0.4, 0.5) is 0 Å². The van der Waals surface area contributed by atoms with Crippen LogP contribution in [-0.2, 0) is 21.8 Å². The van der Waals surface area contributed by atoms with E-state index < -0.39 is 16.7 Å². The maximum Gasteiger partial charge on any atom is 0.375 e. The molecule has 0 bridgehead atoms. The third-order valence-corrected chi connectivity index (χ3v) is 4.34. The van der Waals surface area contributed by atoms with Crippen LogP contribution in [0.25, 0.3) is 0 Å². The number of para-hydroxylation sites is 1. The fourth-order valence-electron chi connectivity index (χ4n) is 1.06. The van der Waals surface area contributed by atoms with E-state index in [2.05, 4.69) is 11.8 Å². The fraction of sp³-hybridized carbons (Fsp3) is 0.250. The Hall–Kier alpha value is -0.500. The van der Waals surface area contributed by atoms with Crippen molar-refractivity contribution in [1.29, 1.82) is 0 Å². The first-order valence-corrected chi connectivity index (χ1v) is 8.48. The van der Waals surface area contributed by atoms with Crippen molar-refractivity contribution in [3.8, 4) is 5.75 Å². The first-order chi connectivity index (χ1) is 7.64. The second kappa shape index (κ2) is 5.01. The summed E-state index contributed by atoms with van der Waals surface area (Å²) in [5.41, 5.74) is 0. The third-order valence-electron chi connectivity index (χ3n) is 1.83. The van der Waals surface area contributed by atoms with Crippen molar-refractivity contribution < 1.29 is 22.7 Å². The van der Waals surface area contributed by atoms with Gasteiger partial charge in [-0.05, 0) is 12.1 Å². The van der Waals surface area contributed by atoms with E-state index in [9.17, 15) is 8.42 Å². The van der Waals surface area contributed by atoms with Gasteiger partial charge in [0.05, 0.1) is 0 Å². The van der Waals surface area contributed by atoms with Crippen molar-refractivity contribution in [2.24, 2.45) is 0 Å². The van der Waals surface area contributed by atoms with Crippen molar-refractivity contribution in [3.63, 3.8) is 0 Å². The van der Waals surface area contributed by atoms with E-state index in [1.807, 2.05) is 0 Å². The smallest absolute Gasteiger partial charge is 0.375 e. The molecule has 0 heterocycles. The summed E-state index contributed by atoms with van der Waals surface area (Å²) in [4.78, 5) is 17.9. The highest BCUT2D eigenvalue weighted by Crippen LogP contribution is 2.40. The predicted octanol–water partition coefficient (Wildman–Crippen LogP) is 0.525. The normalized spacial score (nSPS) is 12.8. The highest BCUT2D eigenvalue weighted by Gasteiger charge is 2.24. The Labute approximate surface area is 105 Å². The first-order valence-electron chi connectivity index (χ1n) is 4.41. The number of nitrogens with zero attached hydrogens (tertiary/aromatic N) is 1. The van der Waals surface area contributed by atoms with Crippen LogP contribution in [0.1, 0.15) is 0 Å². The quantitative estimate of drug-likeness (QED) is 0.788. The SMILES string of the molecule is CN(C)S(=O)(=O)c1ccccc1OP(O)(O)=S. The molecule has 9 heteroatoms. The maximum absolute atomic E-state index is 11.9. The summed E-state index contributed by atoms with van der Waals surface area (Å²) >= 11 is 4.31. The minimum Gasteiger partial charge on any atom is -0.423 e. The molecule has 6 nitrogen and oxygen atoms in total. The molecular formula is C8H12NO5PS2. The Bertz CT molecular complexity index is 551. The van der Waals surface area contributed by atoms with Gasteiger partial charge < -0.3 is 14.3 Å². The predicted molar refractivity (Wildman–Crippen MR) is 66.7 cm³/mol. The minimum absolute atomic E-state index is 0.165. The summed E-state index contributed by atoms with van der Waals surface area (Å²) in [5, 5.41) is 0. The van der Waals surface area contributed by atoms with Crippen LogP contribution < -0.4 is 4.52 Å². The zero-order valence-corrected chi connectivity index (χ0v) is 11.7. The molecule has 1 aromatic rings. The van der Waals surface area contributed by atoms with E-state index in [1.54, 1.807) is 0 Å². The average molecular weight is 297 g/mol. The summed E-state index contributed by atoms with van der Waals surface area (Å²) < 4.78 is 29.5. The zero-order valence-electron chi connectivity index (χ0n) is 9.14. The lowest BCUT2D eigenvalue weighted by Gasteiger charge is -2.16. The molecule has 0 saturated carbocycles. The molecule has 0 aromatic heterocycles. The Kier molecular flexibility index (Phi) is 4.29. The third kappa shape index (κ3) is 3.74. The molecule has 96 valence electrons. The van der Waals surface area contributed by atoms with Crippen molar-refractivity contribution in [2.45, 2.75) is 4.90 Å². The van der Waals surface area contributed by atoms with E-state index in [4.69, 9.17) is 14.3 Å². The molecule has 0 amide bonds. The topological polar surface area (TPSA) is 87.1 Å². The Balaban J connectivity index is 3.32. The second-order valence-electron chi connectivity index (χ2n) is 3.32. The van der Waals surface area contributed by atoms with Gasteiger partial charge in [0.15, 0.2) is 0 Å². The van der Waals surface area contributed by atoms with Gasteiger partial charge in [-0.3, -0.25) is 0 Å². The highest BCUT2D eigenvalue weighted by atomic mass is 32.5. The Morgan fingerprint density at radius 2 is 1.82 bits per heavy atom. The van der Waals surface area contributed by atoms with Crippen LogP contribution >= 0.6 is 6.72 Å². The molecule has 0 saturated heterocycles. The molecule has 0 aliphatic rings. The molecule has 0 radical (unpaired) electrons. The zero-order chi connectivity index (χ0) is 13.3. The van der Waals surface area contributed by atoms with Crippen LogP contribution in [-0.4, -0.2) is 36.6 Å². The molecule has 17 heavy (non-hydrogen) atoms. The summed E-state index contributed by atoms with van der Waals surface area (Å²) in [7, 11) is -1.000. The Morgan fingerprint density at radius 1 is 1.29 bits per heavy atom. The molecule has 1 aromatic carbocycles. The van der Waals surface area contributed by atoms with Gasteiger partial charge >= 0.3 is 6.72 Å².